The van der Waals surface area contributed by atoms with Gasteiger partial charge in [0.2, 0.25) is 0 Å². The second kappa shape index (κ2) is 10.2. The summed E-state index contributed by atoms with van der Waals surface area (Å²) in [6.45, 7) is 8.69. The topological polar surface area (TPSA) is 52.1 Å². The zero-order valence-corrected chi connectivity index (χ0v) is 17.5. The number of carbonyl (C=O) groups excluding carboxylic acids is 1. The van der Waals surface area contributed by atoms with Crippen LogP contribution in [0.5, 0.6) is 0 Å². The minimum atomic E-state index is -0.263. The van der Waals surface area contributed by atoms with Crippen molar-refractivity contribution < 1.29 is 9.53 Å². The van der Waals surface area contributed by atoms with E-state index in [4.69, 9.17) is 4.74 Å². The van der Waals surface area contributed by atoms with Gasteiger partial charge in [0.05, 0.1) is 6.61 Å². The van der Waals surface area contributed by atoms with Crippen LogP contribution in [0.3, 0.4) is 0 Å². The van der Waals surface area contributed by atoms with Gasteiger partial charge in [-0.25, -0.2) is 0 Å². The average Bonchev–Trinajstić information content (AvgIpc) is 3.05. The lowest BCUT2D eigenvalue weighted by atomic mass is 10.0. The van der Waals surface area contributed by atoms with Crippen LogP contribution in [0.4, 0.5) is 0 Å². The first-order valence-corrected chi connectivity index (χ1v) is 11.1. The zero-order valence-electron chi connectivity index (χ0n) is 15.0. The Morgan fingerprint density at radius 3 is 2.48 bits per heavy atom. The van der Waals surface area contributed by atoms with Gasteiger partial charge >= 0.3 is 5.97 Å². The zero-order chi connectivity index (χ0) is 18.2. The van der Waals surface area contributed by atoms with Crippen LogP contribution in [0.15, 0.2) is 32.9 Å². The van der Waals surface area contributed by atoms with Gasteiger partial charge < -0.3 is 4.74 Å². The normalized spacial score (nSPS) is 12.4. The molecule has 1 unspecified atom stereocenters. The van der Waals surface area contributed by atoms with Gasteiger partial charge in [-0.15, -0.1) is 10.2 Å². The number of thioether (sulfide) groups is 2. The first kappa shape index (κ1) is 20.3. The summed E-state index contributed by atoms with van der Waals surface area (Å²) >= 11 is 4.61. The SMILES string of the molecule is CCCOC(=O)C(C)Sc1nnc(SCc2ccc(C(C)C)cc2)s1. The van der Waals surface area contributed by atoms with Gasteiger partial charge in [-0.1, -0.05) is 79.9 Å². The fourth-order valence-corrected chi connectivity index (χ4v) is 5.08. The van der Waals surface area contributed by atoms with Gasteiger partial charge in [0, 0.05) is 5.75 Å². The maximum atomic E-state index is 11.8. The molecular weight excluding hydrogens is 372 g/mol. The second-order valence-corrected chi connectivity index (χ2v) is 9.73. The van der Waals surface area contributed by atoms with Gasteiger partial charge in [0.25, 0.3) is 0 Å². The molecule has 1 atom stereocenters. The molecule has 0 radical (unpaired) electrons. The molecular formula is C18H24N2O2S3. The van der Waals surface area contributed by atoms with Crippen molar-refractivity contribution >= 4 is 40.8 Å². The van der Waals surface area contributed by atoms with Gasteiger partial charge in [-0.3, -0.25) is 4.79 Å². The quantitative estimate of drug-likeness (QED) is 0.418. The molecule has 7 heteroatoms. The number of aromatic nitrogens is 2. The number of esters is 1. The van der Waals surface area contributed by atoms with E-state index in [1.165, 1.54) is 34.2 Å². The first-order valence-electron chi connectivity index (χ1n) is 8.38. The standard InChI is InChI=1S/C18H24N2O2S3/c1-5-10-22-16(21)13(4)24-18-20-19-17(25-18)23-11-14-6-8-15(9-7-14)12(2)3/h6-9,12-13H,5,10-11H2,1-4H3. The molecule has 136 valence electrons. The number of hydrogen-bond donors (Lipinski definition) is 0. The van der Waals surface area contributed by atoms with Crippen molar-refractivity contribution in [2.75, 3.05) is 6.61 Å². The van der Waals surface area contributed by atoms with Crippen molar-refractivity contribution in [1.82, 2.24) is 10.2 Å². The molecule has 0 N–H and O–H groups in total. The summed E-state index contributed by atoms with van der Waals surface area (Å²) in [5.41, 5.74) is 2.63. The molecule has 2 aromatic rings. The molecule has 0 aliphatic rings. The van der Waals surface area contributed by atoms with Crippen LogP contribution >= 0.6 is 34.9 Å². The number of rotatable bonds is 9. The lowest BCUT2D eigenvalue weighted by Crippen LogP contribution is -2.17. The summed E-state index contributed by atoms with van der Waals surface area (Å²) in [6.07, 6.45) is 0.834. The number of carbonyl (C=O) groups is 1. The molecule has 0 saturated carbocycles. The second-order valence-electron chi connectivity index (χ2n) is 5.95. The Labute approximate surface area is 162 Å². The summed E-state index contributed by atoms with van der Waals surface area (Å²) in [5, 5.41) is 8.12. The summed E-state index contributed by atoms with van der Waals surface area (Å²) in [7, 11) is 0. The van der Waals surface area contributed by atoms with Crippen LogP contribution in [-0.4, -0.2) is 28.0 Å². The summed E-state index contributed by atoms with van der Waals surface area (Å²) in [5.74, 6) is 1.23. The van der Waals surface area contributed by atoms with Crippen molar-refractivity contribution in [3.63, 3.8) is 0 Å². The van der Waals surface area contributed by atoms with Crippen LogP contribution in [0.1, 0.15) is 51.2 Å². The van der Waals surface area contributed by atoms with Crippen LogP contribution in [-0.2, 0) is 15.3 Å². The van der Waals surface area contributed by atoms with Crippen molar-refractivity contribution in [3.8, 4) is 0 Å². The van der Waals surface area contributed by atoms with Gasteiger partial charge in [-0.2, -0.15) is 0 Å². The van der Waals surface area contributed by atoms with Gasteiger partial charge in [0.1, 0.15) is 5.25 Å². The number of benzene rings is 1. The Kier molecular flexibility index (Phi) is 8.26. The highest BCUT2D eigenvalue weighted by Crippen LogP contribution is 2.33. The fraction of sp³-hybridized carbons (Fsp3) is 0.500. The fourth-order valence-electron chi connectivity index (χ4n) is 1.97. The summed E-state index contributed by atoms with van der Waals surface area (Å²) in [6, 6.07) is 8.72. The smallest absolute Gasteiger partial charge is 0.319 e. The Balaban J connectivity index is 1.83. The van der Waals surface area contributed by atoms with Crippen molar-refractivity contribution in [3.05, 3.63) is 35.4 Å². The third-order valence-corrected chi connectivity index (χ3v) is 6.74. The molecule has 0 amide bonds. The van der Waals surface area contributed by atoms with E-state index in [9.17, 15) is 4.79 Å². The van der Waals surface area contributed by atoms with E-state index >= 15 is 0 Å². The van der Waals surface area contributed by atoms with Crippen molar-refractivity contribution in [2.45, 2.75) is 59.7 Å². The molecule has 1 aromatic heterocycles. The van der Waals surface area contributed by atoms with E-state index in [0.717, 1.165) is 20.9 Å². The van der Waals surface area contributed by atoms with Crippen LogP contribution in [0.2, 0.25) is 0 Å². The molecule has 1 aromatic carbocycles. The lowest BCUT2D eigenvalue weighted by Gasteiger charge is -2.08. The maximum absolute atomic E-state index is 11.8. The molecule has 0 aliphatic carbocycles. The molecule has 4 nitrogen and oxygen atoms in total. The summed E-state index contributed by atoms with van der Waals surface area (Å²) < 4.78 is 6.88. The third kappa shape index (κ3) is 6.64. The largest absolute Gasteiger partial charge is 0.465 e. The molecule has 0 aliphatic heterocycles. The van der Waals surface area contributed by atoms with E-state index in [2.05, 4.69) is 48.3 Å². The lowest BCUT2D eigenvalue weighted by molar-refractivity contribution is -0.142. The molecule has 0 fully saturated rings. The number of nitrogens with zero attached hydrogens (tertiary/aromatic N) is 2. The Morgan fingerprint density at radius 1 is 1.16 bits per heavy atom. The van der Waals surface area contributed by atoms with Gasteiger partial charge in [0.15, 0.2) is 8.68 Å². The average molecular weight is 397 g/mol. The molecule has 0 bridgehead atoms. The third-order valence-electron chi connectivity index (χ3n) is 3.45. The monoisotopic (exact) mass is 396 g/mol. The van der Waals surface area contributed by atoms with Crippen LogP contribution < -0.4 is 0 Å². The maximum Gasteiger partial charge on any atom is 0.319 e. The van der Waals surface area contributed by atoms with E-state index < -0.39 is 0 Å². The minimum absolute atomic E-state index is 0.193. The minimum Gasteiger partial charge on any atom is -0.465 e. The number of ether oxygens (including phenoxy) is 1. The van der Waals surface area contributed by atoms with E-state index in [-0.39, 0.29) is 11.2 Å². The highest BCUT2D eigenvalue weighted by molar-refractivity contribution is 8.03. The van der Waals surface area contributed by atoms with E-state index in [0.29, 0.717) is 12.5 Å². The van der Waals surface area contributed by atoms with Gasteiger partial charge in [-0.05, 0) is 30.4 Å². The highest BCUT2D eigenvalue weighted by atomic mass is 32.2. The first-order chi connectivity index (χ1) is 12.0. The van der Waals surface area contributed by atoms with E-state index in [1.807, 2.05) is 13.8 Å². The van der Waals surface area contributed by atoms with E-state index in [1.54, 1.807) is 11.8 Å². The Morgan fingerprint density at radius 2 is 1.84 bits per heavy atom. The molecule has 1 heterocycles. The Hall–Kier alpha value is -1.05. The molecule has 2 rings (SSSR count). The van der Waals surface area contributed by atoms with Crippen molar-refractivity contribution in [1.29, 1.82) is 0 Å². The van der Waals surface area contributed by atoms with Crippen LogP contribution in [0, 0.1) is 0 Å². The highest BCUT2D eigenvalue weighted by Gasteiger charge is 2.18. The van der Waals surface area contributed by atoms with Crippen molar-refractivity contribution in [2.24, 2.45) is 0 Å². The molecule has 0 saturated heterocycles. The predicted molar refractivity (Wildman–Crippen MR) is 107 cm³/mol. The Bertz CT molecular complexity index is 671. The predicted octanol–water partition coefficient (Wildman–Crippen LogP) is 5.39. The number of hydrogen-bond acceptors (Lipinski definition) is 7. The molecule has 25 heavy (non-hydrogen) atoms. The molecule has 0 spiro atoms. The van der Waals surface area contributed by atoms with Crippen LogP contribution in [0.25, 0.3) is 0 Å². The summed E-state index contributed by atoms with van der Waals surface area (Å²) in [4.78, 5) is 11.8.